The maximum atomic E-state index is 12.7. The van der Waals surface area contributed by atoms with Crippen LogP contribution in [0.15, 0.2) is 35.9 Å². The number of carbonyl (C=O) groups is 1. The number of aromatic hydroxyl groups is 2. The maximum Gasteiger partial charge on any atom is 0.315 e. The molecule has 0 bridgehead atoms. The van der Waals surface area contributed by atoms with Crippen LogP contribution >= 0.6 is 0 Å². The quantitative estimate of drug-likeness (QED) is 0.206. The van der Waals surface area contributed by atoms with Gasteiger partial charge in [0.25, 0.3) is 5.91 Å². The van der Waals surface area contributed by atoms with Crippen molar-refractivity contribution in [3.63, 3.8) is 0 Å². The second-order valence-electron chi connectivity index (χ2n) is 6.26. The van der Waals surface area contributed by atoms with Gasteiger partial charge in [-0.05, 0) is 24.3 Å². The van der Waals surface area contributed by atoms with Gasteiger partial charge in [-0.25, -0.2) is 0 Å². The van der Waals surface area contributed by atoms with Crippen molar-refractivity contribution in [1.82, 2.24) is 4.90 Å². The zero-order valence-electron chi connectivity index (χ0n) is 16.4. The standard InChI is InChI=1S/C20H16N4O7/c1-23(10-13-5-11(8-21)3-4-16(13)25)20(28)14(9-22)18(26)12-6-15(24(29)30)19(27)17(7-12)31-2/h3-7,25-27H,10H2,1-2H3/b18-14-. The van der Waals surface area contributed by atoms with Crippen LogP contribution in [0.25, 0.3) is 5.76 Å². The van der Waals surface area contributed by atoms with Crippen molar-refractivity contribution in [2.45, 2.75) is 6.54 Å². The number of methoxy groups -OCH3 is 1. The Balaban J connectivity index is 2.47. The SMILES string of the molecule is COc1cc(/C(O)=C(\C#N)C(=O)N(C)Cc2cc(C#N)ccc2O)cc([N+](=O)[O-])c1O. The summed E-state index contributed by atoms with van der Waals surface area (Å²) < 4.78 is 4.84. The molecule has 2 aromatic rings. The first-order valence-electron chi connectivity index (χ1n) is 8.51. The Morgan fingerprint density at radius 2 is 1.94 bits per heavy atom. The van der Waals surface area contributed by atoms with Gasteiger partial charge in [0.15, 0.2) is 11.3 Å². The molecular formula is C20H16N4O7. The van der Waals surface area contributed by atoms with Gasteiger partial charge in [-0.3, -0.25) is 14.9 Å². The van der Waals surface area contributed by atoms with Crippen molar-refractivity contribution < 1.29 is 29.8 Å². The number of aliphatic hydroxyl groups excluding tert-OH is 1. The first-order valence-corrected chi connectivity index (χ1v) is 8.51. The lowest BCUT2D eigenvalue weighted by molar-refractivity contribution is -0.386. The van der Waals surface area contributed by atoms with E-state index < -0.39 is 33.6 Å². The van der Waals surface area contributed by atoms with Crippen LogP contribution in [0.2, 0.25) is 0 Å². The molecule has 0 heterocycles. The van der Waals surface area contributed by atoms with E-state index in [2.05, 4.69) is 0 Å². The molecule has 0 aliphatic carbocycles. The third kappa shape index (κ3) is 4.63. The Hall–Kier alpha value is -4.77. The van der Waals surface area contributed by atoms with Crippen LogP contribution in [-0.2, 0) is 11.3 Å². The summed E-state index contributed by atoms with van der Waals surface area (Å²) in [5, 5.41) is 59.8. The highest BCUT2D eigenvalue weighted by Gasteiger charge is 2.26. The molecule has 11 nitrogen and oxygen atoms in total. The van der Waals surface area contributed by atoms with E-state index in [9.17, 15) is 35.5 Å². The highest BCUT2D eigenvalue weighted by Crippen LogP contribution is 2.38. The van der Waals surface area contributed by atoms with Crippen LogP contribution in [-0.4, -0.2) is 45.2 Å². The predicted molar refractivity (Wildman–Crippen MR) is 106 cm³/mol. The van der Waals surface area contributed by atoms with Crippen molar-refractivity contribution in [1.29, 1.82) is 10.5 Å². The number of phenols is 2. The lowest BCUT2D eigenvalue weighted by Gasteiger charge is -2.18. The van der Waals surface area contributed by atoms with E-state index in [1.807, 2.05) is 6.07 Å². The third-order valence-corrected chi connectivity index (χ3v) is 4.27. The Labute approximate surface area is 176 Å². The highest BCUT2D eigenvalue weighted by atomic mass is 16.6. The van der Waals surface area contributed by atoms with Gasteiger partial charge >= 0.3 is 5.69 Å². The van der Waals surface area contributed by atoms with E-state index in [1.54, 1.807) is 6.07 Å². The zero-order valence-corrected chi connectivity index (χ0v) is 16.4. The molecule has 0 atom stereocenters. The summed E-state index contributed by atoms with van der Waals surface area (Å²) in [6, 6.07) is 9.31. The summed E-state index contributed by atoms with van der Waals surface area (Å²) in [6.45, 7) is -0.197. The molecule has 2 rings (SSSR count). The fourth-order valence-corrected chi connectivity index (χ4v) is 2.67. The van der Waals surface area contributed by atoms with Gasteiger partial charge in [-0.15, -0.1) is 0 Å². The number of hydrogen-bond acceptors (Lipinski definition) is 9. The Kier molecular flexibility index (Phi) is 6.65. The fourth-order valence-electron chi connectivity index (χ4n) is 2.67. The monoisotopic (exact) mass is 424 g/mol. The minimum Gasteiger partial charge on any atom is -0.508 e. The largest absolute Gasteiger partial charge is 0.508 e. The molecule has 0 radical (unpaired) electrons. The second kappa shape index (κ2) is 9.15. The topological polar surface area (TPSA) is 181 Å². The summed E-state index contributed by atoms with van der Waals surface area (Å²) in [7, 11) is 2.43. The molecule has 11 heteroatoms. The van der Waals surface area contributed by atoms with Gasteiger partial charge < -0.3 is 25.0 Å². The van der Waals surface area contributed by atoms with E-state index >= 15 is 0 Å². The number of nitriles is 2. The van der Waals surface area contributed by atoms with E-state index in [1.165, 1.54) is 25.2 Å². The number of carbonyl (C=O) groups excluding carboxylic acids is 1. The molecular weight excluding hydrogens is 408 g/mol. The van der Waals surface area contributed by atoms with Gasteiger partial charge in [0.1, 0.15) is 17.6 Å². The number of nitrogens with zero attached hydrogens (tertiary/aromatic N) is 4. The fraction of sp³-hybridized carbons (Fsp3) is 0.150. The zero-order chi connectivity index (χ0) is 23.3. The second-order valence-corrected chi connectivity index (χ2v) is 6.26. The number of nitro benzene ring substituents is 1. The van der Waals surface area contributed by atoms with Crippen LogP contribution in [0.4, 0.5) is 5.69 Å². The Morgan fingerprint density at radius 3 is 2.48 bits per heavy atom. The van der Waals surface area contributed by atoms with Gasteiger partial charge in [-0.2, -0.15) is 10.5 Å². The van der Waals surface area contributed by atoms with E-state index in [-0.39, 0.29) is 34.7 Å². The van der Waals surface area contributed by atoms with E-state index in [4.69, 9.17) is 10.00 Å². The molecule has 3 N–H and O–H groups in total. The van der Waals surface area contributed by atoms with Crippen LogP contribution in [0, 0.1) is 32.8 Å². The molecule has 0 saturated heterocycles. The van der Waals surface area contributed by atoms with Crippen molar-refractivity contribution >= 4 is 17.4 Å². The van der Waals surface area contributed by atoms with Gasteiger partial charge in [0, 0.05) is 30.8 Å². The molecule has 2 aromatic carbocycles. The number of rotatable bonds is 6. The number of amides is 1. The molecule has 0 saturated carbocycles. The highest BCUT2D eigenvalue weighted by molar-refractivity contribution is 6.03. The molecule has 158 valence electrons. The van der Waals surface area contributed by atoms with Crippen LogP contribution < -0.4 is 4.74 Å². The number of benzene rings is 2. The molecule has 31 heavy (non-hydrogen) atoms. The lowest BCUT2D eigenvalue weighted by Crippen LogP contribution is -2.28. The maximum absolute atomic E-state index is 12.7. The molecule has 0 aromatic heterocycles. The minimum absolute atomic E-state index is 0.177. The molecule has 0 aliphatic rings. The van der Waals surface area contributed by atoms with Crippen LogP contribution in [0.3, 0.4) is 0 Å². The Bertz CT molecular complexity index is 1180. The van der Waals surface area contributed by atoms with Crippen molar-refractivity contribution in [2.24, 2.45) is 0 Å². The lowest BCUT2D eigenvalue weighted by atomic mass is 10.1. The van der Waals surface area contributed by atoms with E-state index in [0.717, 1.165) is 24.1 Å². The number of hydrogen-bond donors (Lipinski definition) is 3. The average Bonchev–Trinajstić information content (AvgIpc) is 2.75. The molecule has 1 amide bonds. The molecule has 0 aliphatic heterocycles. The smallest absolute Gasteiger partial charge is 0.315 e. The number of ether oxygens (including phenoxy) is 1. The molecule has 0 fully saturated rings. The van der Waals surface area contributed by atoms with E-state index in [0.29, 0.717) is 0 Å². The number of phenolic OH excluding ortho intramolecular Hbond substituents is 2. The summed E-state index contributed by atoms with van der Waals surface area (Å²) in [5.74, 6) is -3.11. The van der Waals surface area contributed by atoms with Crippen LogP contribution in [0.5, 0.6) is 17.2 Å². The summed E-state index contributed by atoms with van der Waals surface area (Å²) in [5.41, 5.74) is -1.35. The van der Waals surface area contributed by atoms with Crippen molar-refractivity contribution in [3.05, 3.63) is 62.7 Å². The minimum atomic E-state index is -0.948. The van der Waals surface area contributed by atoms with Crippen LogP contribution in [0.1, 0.15) is 16.7 Å². The van der Waals surface area contributed by atoms with Crippen molar-refractivity contribution in [2.75, 3.05) is 14.2 Å². The number of likely N-dealkylation sites (N-methyl/N-ethyl adjacent to an activating group) is 1. The van der Waals surface area contributed by atoms with Gasteiger partial charge in [0.05, 0.1) is 23.7 Å². The normalized spacial score (nSPS) is 11.0. The Morgan fingerprint density at radius 1 is 1.26 bits per heavy atom. The van der Waals surface area contributed by atoms with Crippen molar-refractivity contribution in [3.8, 4) is 29.4 Å². The molecule has 0 spiro atoms. The number of nitro groups is 1. The summed E-state index contributed by atoms with van der Waals surface area (Å²) in [6.07, 6.45) is 0. The average molecular weight is 424 g/mol. The summed E-state index contributed by atoms with van der Waals surface area (Å²) >= 11 is 0. The first kappa shape index (κ1) is 22.5. The predicted octanol–water partition coefficient (Wildman–Crippen LogP) is 2.34. The summed E-state index contributed by atoms with van der Waals surface area (Å²) in [4.78, 5) is 24.0. The third-order valence-electron chi connectivity index (χ3n) is 4.27. The van der Waals surface area contributed by atoms with Gasteiger partial charge in [0.2, 0.25) is 5.75 Å². The number of aliphatic hydroxyl groups is 1. The first-order chi connectivity index (χ1) is 14.6. The van der Waals surface area contributed by atoms with Gasteiger partial charge in [-0.1, -0.05) is 0 Å². The molecule has 0 unspecified atom stereocenters.